The lowest BCUT2D eigenvalue weighted by Crippen LogP contribution is -2.33. The lowest BCUT2D eigenvalue weighted by atomic mass is 11.0. The topological polar surface area (TPSA) is 129 Å². The number of nitrogens with one attached hydrogen (secondary N) is 2. The number of ether oxygens (including phenoxy) is 2. The smallest absolute Gasteiger partial charge is 0.411 e. The molecule has 0 saturated heterocycles. The van der Waals surface area contributed by atoms with Crippen molar-refractivity contribution in [1.29, 1.82) is 0 Å². The summed E-state index contributed by atoms with van der Waals surface area (Å²) >= 11 is 0. The molecule has 0 bridgehead atoms. The van der Waals surface area contributed by atoms with E-state index in [0.29, 0.717) is 0 Å². The van der Waals surface area contributed by atoms with E-state index in [-0.39, 0.29) is 13.3 Å². The Morgan fingerprint density at radius 2 is 1.38 bits per heavy atom. The molecule has 0 aliphatic heterocycles. The van der Waals surface area contributed by atoms with Crippen molar-refractivity contribution in [2.45, 2.75) is 0 Å². The minimum absolute atomic E-state index is 0.0478. The third-order valence-electron chi connectivity index (χ3n) is 0.873. The van der Waals surface area contributed by atoms with Crippen molar-refractivity contribution >= 4 is 12.2 Å². The van der Waals surface area contributed by atoms with Gasteiger partial charge in [-0.15, -0.1) is 0 Å². The van der Waals surface area contributed by atoms with Crippen molar-refractivity contribution in [3.8, 4) is 0 Å². The van der Waals surface area contributed by atoms with Gasteiger partial charge >= 0.3 is 12.2 Å². The van der Waals surface area contributed by atoms with E-state index < -0.39 is 19.0 Å². The highest BCUT2D eigenvalue weighted by Crippen LogP contribution is 1.80. The van der Waals surface area contributed by atoms with Gasteiger partial charge in [-0.2, -0.15) is 0 Å². The molecular weight excluding hydrogens is 180 g/mol. The van der Waals surface area contributed by atoms with E-state index in [1.807, 2.05) is 0 Å². The fourth-order valence-corrected chi connectivity index (χ4v) is 0.405. The van der Waals surface area contributed by atoms with Crippen molar-refractivity contribution < 1.29 is 19.1 Å². The molecule has 76 valence electrons. The first-order valence-electron chi connectivity index (χ1n) is 3.42. The molecular formula is C5H12N4O4. The number of hydrogen-bond acceptors (Lipinski definition) is 6. The van der Waals surface area contributed by atoms with Crippen LogP contribution < -0.4 is 22.1 Å². The Kier molecular flexibility index (Phi) is 6.28. The Labute approximate surface area is 74.5 Å². The third kappa shape index (κ3) is 6.84. The fourth-order valence-electron chi connectivity index (χ4n) is 0.405. The monoisotopic (exact) mass is 192 g/mol. The molecule has 0 radical (unpaired) electrons. The second-order valence-corrected chi connectivity index (χ2v) is 1.74. The summed E-state index contributed by atoms with van der Waals surface area (Å²) in [5.41, 5.74) is 9.92. The van der Waals surface area contributed by atoms with Gasteiger partial charge in [0.15, 0.2) is 0 Å². The van der Waals surface area contributed by atoms with Crippen LogP contribution in [-0.2, 0) is 9.47 Å². The zero-order chi connectivity index (χ0) is 10.1. The molecule has 0 rings (SSSR count). The molecule has 0 fully saturated rings. The second kappa shape index (κ2) is 7.13. The molecule has 0 aromatic rings. The van der Waals surface area contributed by atoms with Crippen LogP contribution in [0.25, 0.3) is 0 Å². The van der Waals surface area contributed by atoms with Crippen LogP contribution in [0.15, 0.2) is 0 Å². The molecule has 2 amide bonds. The first-order chi connectivity index (χ1) is 6.20. The van der Waals surface area contributed by atoms with Gasteiger partial charge in [-0.25, -0.2) is 9.59 Å². The standard InChI is InChI=1S/C5H12N4O4/c6-1-8-4(10)12-3-13-5(11)9-2-7/h1-3,6-7H2,(H,8,10)(H,9,11). The largest absolute Gasteiger partial charge is 0.412 e. The average molecular weight is 192 g/mol. The summed E-state index contributed by atoms with van der Waals surface area (Å²) in [5, 5.41) is 4.26. The van der Waals surface area contributed by atoms with Gasteiger partial charge in [0.2, 0.25) is 6.79 Å². The predicted octanol–water partition coefficient (Wildman–Crippen LogP) is -1.77. The molecule has 0 aliphatic carbocycles. The second-order valence-electron chi connectivity index (χ2n) is 1.74. The van der Waals surface area contributed by atoms with Crippen LogP contribution in [0.5, 0.6) is 0 Å². The van der Waals surface area contributed by atoms with Gasteiger partial charge in [0, 0.05) is 0 Å². The van der Waals surface area contributed by atoms with Crippen molar-refractivity contribution in [3.05, 3.63) is 0 Å². The van der Waals surface area contributed by atoms with Crippen molar-refractivity contribution in [1.82, 2.24) is 10.6 Å². The molecule has 0 heterocycles. The van der Waals surface area contributed by atoms with Crippen LogP contribution in [0, 0.1) is 0 Å². The van der Waals surface area contributed by atoms with Crippen LogP contribution >= 0.6 is 0 Å². The maximum Gasteiger partial charge on any atom is 0.411 e. The van der Waals surface area contributed by atoms with Crippen LogP contribution in [0.3, 0.4) is 0 Å². The molecule has 0 atom stereocenters. The molecule has 0 spiro atoms. The summed E-state index contributed by atoms with van der Waals surface area (Å²) in [6.45, 7) is -0.584. The number of nitrogens with two attached hydrogens (primary N) is 2. The summed E-state index contributed by atoms with van der Waals surface area (Å²) in [6, 6.07) is 0. The zero-order valence-corrected chi connectivity index (χ0v) is 6.91. The lowest BCUT2D eigenvalue weighted by molar-refractivity contribution is 0.0246. The number of alkyl carbamates (subject to hydrolysis) is 2. The molecule has 8 heteroatoms. The molecule has 6 N–H and O–H groups in total. The van der Waals surface area contributed by atoms with Crippen LogP contribution in [-0.4, -0.2) is 32.3 Å². The number of rotatable bonds is 4. The Morgan fingerprint density at radius 1 is 1.00 bits per heavy atom. The third-order valence-corrected chi connectivity index (χ3v) is 0.873. The summed E-state index contributed by atoms with van der Waals surface area (Å²) in [7, 11) is 0. The highest BCUT2D eigenvalue weighted by molar-refractivity contribution is 5.68. The number of amides is 2. The fraction of sp³-hybridized carbons (Fsp3) is 0.600. The molecule has 8 nitrogen and oxygen atoms in total. The van der Waals surface area contributed by atoms with Gasteiger partial charge < -0.3 is 31.6 Å². The van der Waals surface area contributed by atoms with Crippen LogP contribution in [0.4, 0.5) is 9.59 Å². The van der Waals surface area contributed by atoms with Crippen molar-refractivity contribution in [3.63, 3.8) is 0 Å². The summed E-state index contributed by atoms with van der Waals surface area (Å²) in [6.07, 6.45) is -1.52. The quantitative estimate of drug-likeness (QED) is 0.390. The van der Waals surface area contributed by atoms with Gasteiger partial charge in [-0.05, 0) is 0 Å². The SMILES string of the molecule is NCNC(=O)OCOC(=O)NCN. The Balaban J connectivity index is 3.33. The number of carbonyl (C=O) groups excluding carboxylic acids is 2. The normalized spacial score (nSPS) is 8.77. The van der Waals surface area contributed by atoms with Crippen molar-refractivity contribution in [2.75, 3.05) is 20.1 Å². The maximum absolute atomic E-state index is 10.5. The maximum atomic E-state index is 10.5. The number of carbonyl (C=O) groups is 2. The molecule has 0 aromatic carbocycles. The highest BCUT2D eigenvalue weighted by atomic mass is 16.7. The van der Waals surface area contributed by atoms with E-state index in [4.69, 9.17) is 11.5 Å². The van der Waals surface area contributed by atoms with E-state index >= 15 is 0 Å². The Morgan fingerprint density at radius 3 is 1.69 bits per heavy atom. The minimum Gasteiger partial charge on any atom is -0.412 e. The van der Waals surface area contributed by atoms with E-state index in [1.54, 1.807) is 0 Å². The van der Waals surface area contributed by atoms with E-state index in [2.05, 4.69) is 20.1 Å². The number of hydrogen-bond donors (Lipinski definition) is 4. The van der Waals surface area contributed by atoms with Crippen LogP contribution in [0.1, 0.15) is 0 Å². The van der Waals surface area contributed by atoms with Crippen molar-refractivity contribution in [2.24, 2.45) is 11.5 Å². The highest BCUT2D eigenvalue weighted by Gasteiger charge is 2.02. The summed E-state index contributed by atoms with van der Waals surface area (Å²) in [5.74, 6) is 0. The van der Waals surface area contributed by atoms with E-state index in [1.165, 1.54) is 0 Å². The predicted molar refractivity (Wildman–Crippen MR) is 42.2 cm³/mol. The Hall–Kier alpha value is -1.54. The lowest BCUT2D eigenvalue weighted by Gasteiger charge is -2.06. The van der Waals surface area contributed by atoms with Gasteiger partial charge in [-0.3, -0.25) is 0 Å². The average Bonchev–Trinajstić information content (AvgIpc) is 2.05. The van der Waals surface area contributed by atoms with Gasteiger partial charge in [0.25, 0.3) is 0 Å². The van der Waals surface area contributed by atoms with Gasteiger partial charge in [-0.1, -0.05) is 0 Å². The first kappa shape index (κ1) is 11.5. The Bertz CT molecular complexity index is 156. The van der Waals surface area contributed by atoms with E-state index in [0.717, 1.165) is 0 Å². The summed E-state index contributed by atoms with van der Waals surface area (Å²) < 4.78 is 8.69. The molecule has 0 aromatic heterocycles. The van der Waals surface area contributed by atoms with Gasteiger partial charge in [0.1, 0.15) is 0 Å². The molecule has 0 unspecified atom stereocenters. The minimum atomic E-state index is -0.761. The molecule has 13 heavy (non-hydrogen) atoms. The van der Waals surface area contributed by atoms with E-state index in [9.17, 15) is 9.59 Å². The van der Waals surface area contributed by atoms with Gasteiger partial charge in [0.05, 0.1) is 13.3 Å². The first-order valence-corrected chi connectivity index (χ1v) is 3.42. The molecule has 0 saturated carbocycles. The summed E-state index contributed by atoms with van der Waals surface area (Å²) in [4.78, 5) is 21.1. The zero-order valence-electron chi connectivity index (χ0n) is 6.91. The molecule has 0 aliphatic rings. The van der Waals surface area contributed by atoms with Crippen LogP contribution in [0.2, 0.25) is 0 Å².